The van der Waals surface area contributed by atoms with Gasteiger partial charge in [0.1, 0.15) is 0 Å². The second kappa shape index (κ2) is 19.1. The minimum Gasteiger partial charge on any atom is -0.337 e. The Morgan fingerprint density at radius 3 is 1.05 bits per heavy atom. The molecular formula is C49H34F24N2. The van der Waals surface area contributed by atoms with Gasteiger partial charge < -0.3 is 9.80 Å². The number of halogens is 24. The molecule has 408 valence electrons. The molecule has 0 N–H and O–H groups in total. The quantitative estimate of drug-likeness (QED) is 0.162. The van der Waals surface area contributed by atoms with Gasteiger partial charge in [-0.3, -0.25) is 0 Å². The van der Waals surface area contributed by atoms with Gasteiger partial charge in [-0.25, -0.2) is 0 Å². The number of allylic oxidation sites excluding steroid dienone is 6. The van der Waals surface area contributed by atoms with Gasteiger partial charge in [0.15, 0.2) is 0 Å². The zero-order valence-corrected chi connectivity index (χ0v) is 38.2. The van der Waals surface area contributed by atoms with E-state index in [9.17, 15) is 105 Å². The van der Waals surface area contributed by atoms with E-state index in [2.05, 4.69) is 0 Å². The summed E-state index contributed by atoms with van der Waals surface area (Å²) < 4.78 is 341. The first-order valence-electron chi connectivity index (χ1n) is 21.4. The highest BCUT2D eigenvalue weighted by Gasteiger charge is 2.52. The van der Waals surface area contributed by atoms with Gasteiger partial charge in [0.05, 0.1) is 45.4 Å². The Morgan fingerprint density at radius 1 is 0.360 bits per heavy atom. The summed E-state index contributed by atoms with van der Waals surface area (Å²) in [5.74, 6) is -7.17. The highest BCUT2D eigenvalue weighted by atomic mass is 19.4. The number of hydrogen-bond donors (Lipinski definition) is 0. The first-order chi connectivity index (χ1) is 33.8. The van der Waals surface area contributed by atoms with Gasteiger partial charge in [0, 0.05) is 51.3 Å². The lowest BCUT2D eigenvalue weighted by atomic mass is 9.77. The lowest BCUT2D eigenvalue weighted by Gasteiger charge is -2.44. The first kappa shape index (κ1) is 58.0. The number of hydrogen-bond acceptors (Lipinski definition) is 2. The molecule has 2 aliphatic carbocycles. The number of rotatable bonds is 8. The van der Waals surface area contributed by atoms with Crippen LogP contribution in [0.4, 0.5) is 128 Å². The molecule has 75 heavy (non-hydrogen) atoms. The van der Waals surface area contributed by atoms with Crippen LogP contribution >= 0.6 is 0 Å². The van der Waals surface area contributed by atoms with Gasteiger partial charge in [0.2, 0.25) is 0 Å². The van der Waals surface area contributed by atoms with Crippen LogP contribution in [0.15, 0.2) is 132 Å². The van der Waals surface area contributed by atoms with Crippen LogP contribution in [-0.2, 0) is 30.1 Å². The van der Waals surface area contributed by atoms with Crippen molar-refractivity contribution in [3.05, 3.63) is 165 Å². The van der Waals surface area contributed by atoms with E-state index >= 15 is 0 Å². The van der Waals surface area contributed by atoms with Gasteiger partial charge in [-0.1, -0.05) is 58.0 Å². The molecule has 4 unspecified atom stereocenters. The Kier molecular flexibility index (Phi) is 14.8. The monoisotopic (exact) mass is 1110 g/mol. The van der Waals surface area contributed by atoms with E-state index in [0.29, 0.717) is 4.90 Å². The molecule has 6 rings (SSSR count). The summed E-state index contributed by atoms with van der Waals surface area (Å²) in [6.45, 7) is 4.32. The number of nitrogens with zero attached hydrogens (tertiary/aromatic N) is 2. The van der Waals surface area contributed by atoms with Crippen LogP contribution < -0.4 is 9.80 Å². The summed E-state index contributed by atoms with van der Waals surface area (Å²) in [5, 5.41) is 0. The summed E-state index contributed by atoms with van der Waals surface area (Å²) in [6.07, 6.45) is -44.3. The summed E-state index contributed by atoms with van der Waals surface area (Å²) in [4.78, 5) is 0.747. The maximum absolute atomic E-state index is 14.4. The molecule has 0 aromatic heterocycles. The molecule has 2 nitrogen and oxygen atoms in total. The van der Waals surface area contributed by atoms with Gasteiger partial charge in [0.25, 0.3) is 0 Å². The molecule has 0 saturated carbocycles. The van der Waals surface area contributed by atoms with E-state index in [1.54, 1.807) is 0 Å². The van der Waals surface area contributed by atoms with E-state index in [0.717, 1.165) is 62.4 Å². The van der Waals surface area contributed by atoms with Crippen molar-refractivity contribution in [2.75, 3.05) is 9.80 Å². The van der Waals surface area contributed by atoms with Gasteiger partial charge in [-0.15, -0.1) is 0 Å². The van der Waals surface area contributed by atoms with Crippen molar-refractivity contribution in [2.24, 2.45) is 17.8 Å². The molecule has 0 saturated heterocycles. The molecule has 26 heteroatoms. The molecule has 2 aliphatic rings. The third kappa shape index (κ3) is 12.4. The zero-order chi connectivity index (χ0) is 56.8. The molecule has 4 aromatic rings. The van der Waals surface area contributed by atoms with Crippen molar-refractivity contribution >= 4 is 22.7 Å². The van der Waals surface area contributed by atoms with Crippen LogP contribution in [0.3, 0.4) is 0 Å². The second-order valence-corrected chi connectivity index (χ2v) is 18.0. The van der Waals surface area contributed by atoms with Crippen molar-refractivity contribution in [3.63, 3.8) is 0 Å². The Hall–Kier alpha value is -6.24. The molecule has 4 aromatic carbocycles. The van der Waals surface area contributed by atoms with E-state index in [1.807, 2.05) is 0 Å². The number of anilines is 4. The minimum absolute atomic E-state index is 0.0348. The lowest BCUT2D eigenvalue weighted by Crippen LogP contribution is -2.47. The highest BCUT2D eigenvalue weighted by molar-refractivity contribution is 5.78. The van der Waals surface area contributed by atoms with Crippen LogP contribution in [0.5, 0.6) is 0 Å². The van der Waals surface area contributed by atoms with Crippen LogP contribution in [-0.4, -0.2) is 30.7 Å². The maximum atomic E-state index is 14.4. The third-order valence-corrected chi connectivity index (χ3v) is 12.6. The standard InChI is InChI=1S/C49H34F24N2/c1-23-37(48(68,69)70)19-31(46(62,63)64)21-39(23)75(40-22-32(47(65,66)67)20-38(24(40)2)49(71,72)73)34-11-7-26(8-12-34)41(3,4)25-5-9-33(10-6-25)74(35-15-27(42(50,51)52)13-28(16-35)43(53,54)55)36-17-29(44(56,57)58)14-30(18-36)45(59,60)61/h5-24,37,40H,1-4H3. The lowest BCUT2D eigenvalue weighted by molar-refractivity contribution is -0.171. The smallest absolute Gasteiger partial charge is 0.337 e. The highest BCUT2D eigenvalue weighted by Crippen LogP contribution is 2.51. The van der Waals surface area contributed by atoms with E-state index < -0.39 is 146 Å². The average molecular weight is 1110 g/mol. The first-order valence-corrected chi connectivity index (χ1v) is 21.4. The number of benzene rings is 4. The van der Waals surface area contributed by atoms with Crippen molar-refractivity contribution in [1.29, 1.82) is 0 Å². The molecule has 0 spiro atoms. The number of alkyl halides is 24. The second-order valence-electron chi connectivity index (χ2n) is 18.0. The Balaban J connectivity index is 1.52. The average Bonchev–Trinajstić information content (AvgIpc) is 3.25. The van der Waals surface area contributed by atoms with Crippen LogP contribution in [0, 0.1) is 17.8 Å². The van der Waals surface area contributed by atoms with Crippen LogP contribution in [0.25, 0.3) is 0 Å². The predicted octanol–water partition coefficient (Wildman–Crippen LogP) is 18.6. The summed E-state index contributed by atoms with van der Waals surface area (Å²) >= 11 is 0. The summed E-state index contributed by atoms with van der Waals surface area (Å²) in [7, 11) is 0. The molecule has 0 amide bonds. The fourth-order valence-corrected chi connectivity index (χ4v) is 8.69. The van der Waals surface area contributed by atoms with E-state index in [1.165, 1.54) is 13.8 Å². The fourth-order valence-electron chi connectivity index (χ4n) is 8.69. The van der Waals surface area contributed by atoms with Crippen molar-refractivity contribution in [1.82, 2.24) is 0 Å². The predicted molar refractivity (Wildman–Crippen MR) is 224 cm³/mol. The molecule has 4 atom stereocenters. The van der Waals surface area contributed by atoms with Crippen molar-refractivity contribution in [2.45, 2.75) is 88.6 Å². The summed E-state index contributed by atoms with van der Waals surface area (Å²) in [5.41, 5.74) is -19.6. The van der Waals surface area contributed by atoms with Crippen LogP contribution in [0.1, 0.15) is 61.1 Å². The van der Waals surface area contributed by atoms with Gasteiger partial charge >= 0.3 is 49.4 Å². The fraction of sp³-hybridized carbons (Fsp3) is 0.347. The van der Waals surface area contributed by atoms with Gasteiger partial charge in [-0.2, -0.15) is 105 Å². The molecular weight excluding hydrogens is 1070 g/mol. The SMILES string of the molecule is CC1C(C(F)(F)F)=CC(C(F)(F)F)=CC1N(C1=CC(C(F)(F)F)=CC(C(F)(F)F)C1C)c1ccc(C(C)(C)c2ccc(N(c3cc(C(F)(F)F)cc(C(F)(F)F)c3)c3cc(C(F)(F)F)cc(C(F)(F)F)c3)cc2)cc1. The topological polar surface area (TPSA) is 6.48 Å². The molecule has 0 heterocycles. The third-order valence-electron chi connectivity index (χ3n) is 12.6. The maximum Gasteiger partial charge on any atom is 0.416 e. The Labute approximate surface area is 408 Å². The van der Waals surface area contributed by atoms with E-state index in [4.69, 9.17) is 0 Å². The molecule has 0 aliphatic heterocycles. The summed E-state index contributed by atoms with van der Waals surface area (Å²) in [6, 6.07) is 5.21. The molecule has 0 bridgehead atoms. The van der Waals surface area contributed by atoms with Crippen molar-refractivity contribution in [3.8, 4) is 0 Å². The minimum atomic E-state index is -5.56. The Morgan fingerprint density at radius 2 is 0.720 bits per heavy atom. The largest absolute Gasteiger partial charge is 0.416 e. The van der Waals surface area contributed by atoms with Gasteiger partial charge in [-0.05, 0) is 90.0 Å². The van der Waals surface area contributed by atoms with Crippen molar-refractivity contribution < 1.29 is 105 Å². The van der Waals surface area contributed by atoms with Crippen LogP contribution in [0.2, 0.25) is 0 Å². The van der Waals surface area contributed by atoms with E-state index in [-0.39, 0.29) is 76.7 Å². The molecule has 0 fully saturated rings. The Bertz CT molecular complexity index is 2740. The molecule has 0 radical (unpaired) electrons. The normalized spacial score (nSPS) is 19.8. The zero-order valence-electron chi connectivity index (χ0n) is 38.2.